The first-order valence-electron chi connectivity index (χ1n) is 10.1. The summed E-state index contributed by atoms with van der Waals surface area (Å²) in [5, 5.41) is 2.48. The summed E-state index contributed by atoms with van der Waals surface area (Å²) in [4.78, 5) is 25.9. The molecule has 0 aromatic heterocycles. The summed E-state index contributed by atoms with van der Waals surface area (Å²) in [7, 11) is 0. The number of ether oxygens (including phenoxy) is 1. The summed E-state index contributed by atoms with van der Waals surface area (Å²) < 4.78 is 6.04. The van der Waals surface area contributed by atoms with Crippen LogP contribution in [-0.4, -0.2) is 31.0 Å². The predicted octanol–water partition coefficient (Wildman–Crippen LogP) is 3.76. The number of benzene rings is 1. The Morgan fingerprint density at radius 1 is 1.08 bits per heavy atom. The Morgan fingerprint density at radius 3 is 2.58 bits per heavy atom. The van der Waals surface area contributed by atoms with Crippen LogP contribution in [0.15, 0.2) is 18.2 Å². The van der Waals surface area contributed by atoms with Crippen LogP contribution in [0.5, 0.6) is 5.75 Å². The van der Waals surface area contributed by atoms with Crippen molar-refractivity contribution in [2.75, 3.05) is 18.1 Å². The summed E-state index contributed by atoms with van der Waals surface area (Å²) >= 11 is 0. The zero-order chi connectivity index (χ0) is 18.5. The van der Waals surface area contributed by atoms with Crippen LogP contribution in [-0.2, 0) is 9.59 Å². The molecule has 2 heterocycles. The maximum Gasteiger partial charge on any atom is 0.249 e. The van der Waals surface area contributed by atoms with E-state index in [4.69, 9.17) is 4.74 Å². The van der Waals surface area contributed by atoms with Crippen molar-refractivity contribution in [3.8, 4) is 5.75 Å². The largest absolute Gasteiger partial charge is 0.489 e. The number of anilines is 1. The Morgan fingerprint density at radius 2 is 1.85 bits per heavy atom. The van der Waals surface area contributed by atoms with E-state index in [1.165, 1.54) is 37.7 Å². The van der Waals surface area contributed by atoms with Gasteiger partial charge in [-0.15, -0.1) is 0 Å². The average molecular weight is 358 g/mol. The third-order valence-corrected chi connectivity index (χ3v) is 5.54. The molecule has 0 radical (unpaired) electrons. The van der Waals surface area contributed by atoms with Gasteiger partial charge >= 0.3 is 0 Å². The Bertz CT molecular complexity index is 653. The smallest absolute Gasteiger partial charge is 0.249 e. The number of rotatable bonds is 2. The predicted molar refractivity (Wildman–Crippen MR) is 103 cm³/mol. The molecule has 5 nitrogen and oxygen atoms in total. The van der Waals surface area contributed by atoms with Crippen LogP contribution >= 0.6 is 0 Å². The standard InChI is InChI=1S/C19H24N2O3.C2H6/c22-17-10-9-16(19(23)20-17)21-11-12-24-18-14(7-4-8-15(18)21)13-5-2-1-3-6-13;1-2/h4,7-8,13,16H,1-3,5-6,9-12H2,(H,20,22,23);1-2H3. The van der Waals surface area contributed by atoms with Gasteiger partial charge in [-0.3, -0.25) is 14.9 Å². The highest BCUT2D eigenvalue weighted by Gasteiger charge is 2.35. The van der Waals surface area contributed by atoms with Crippen molar-refractivity contribution in [2.45, 2.75) is 70.8 Å². The Labute approximate surface area is 156 Å². The van der Waals surface area contributed by atoms with Gasteiger partial charge in [0, 0.05) is 6.42 Å². The molecule has 26 heavy (non-hydrogen) atoms. The molecule has 5 heteroatoms. The fourth-order valence-corrected chi connectivity index (χ4v) is 4.33. The highest BCUT2D eigenvalue weighted by Crippen LogP contribution is 2.44. The minimum atomic E-state index is -0.271. The van der Waals surface area contributed by atoms with Gasteiger partial charge in [0.15, 0.2) is 0 Å². The number of nitrogens with one attached hydrogen (secondary N) is 1. The lowest BCUT2D eigenvalue weighted by atomic mass is 9.83. The van der Waals surface area contributed by atoms with Crippen LogP contribution in [0.4, 0.5) is 5.69 Å². The summed E-state index contributed by atoms with van der Waals surface area (Å²) in [6.07, 6.45) is 7.32. The van der Waals surface area contributed by atoms with Crippen LogP contribution in [0.3, 0.4) is 0 Å². The maximum atomic E-state index is 12.3. The van der Waals surface area contributed by atoms with E-state index < -0.39 is 0 Å². The van der Waals surface area contributed by atoms with Gasteiger partial charge in [0.1, 0.15) is 18.4 Å². The number of nitrogens with zero attached hydrogens (tertiary/aromatic N) is 1. The second-order valence-corrected chi connectivity index (χ2v) is 7.04. The molecule has 1 saturated heterocycles. The van der Waals surface area contributed by atoms with E-state index in [0.717, 1.165) is 11.4 Å². The third-order valence-electron chi connectivity index (χ3n) is 5.54. The minimum absolute atomic E-state index is 0.166. The second kappa shape index (κ2) is 8.56. The quantitative estimate of drug-likeness (QED) is 0.818. The topological polar surface area (TPSA) is 58.6 Å². The number of amides is 2. The molecule has 4 rings (SSSR count). The molecule has 0 bridgehead atoms. The van der Waals surface area contributed by atoms with E-state index in [2.05, 4.69) is 22.3 Å². The zero-order valence-electron chi connectivity index (χ0n) is 15.9. The first kappa shape index (κ1) is 18.7. The van der Waals surface area contributed by atoms with Crippen molar-refractivity contribution in [2.24, 2.45) is 0 Å². The number of piperidine rings is 1. The van der Waals surface area contributed by atoms with Crippen LogP contribution in [0.1, 0.15) is 70.3 Å². The number of hydrogen-bond donors (Lipinski definition) is 1. The van der Waals surface area contributed by atoms with Crippen molar-refractivity contribution in [3.05, 3.63) is 23.8 Å². The molecule has 1 aromatic rings. The van der Waals surface area contributed by atoms with Gasteiger partial charge in [-0.2, -0.15) is 0 Å². The molecule has 1 atom stereocenters. The molecule has 1 aliphatic carbocycles. The molecule has 142 valence electrons. The molecular weight excluding hydrogens is 328 g/mol. The summed E-state index contributed by atoms with van der Waals surface area (Å²) in [6.45, 7) is 5.28. The summed E-state index contributed by atoms with van der Waals surface area (Å²) in [5.74, 6) is 1.18. The van der Waals surface area contributed by atoms with Crippen molar-refractivity contribution in [3.63, 3.8) is 0 Å². The van der Waals surface area contributed by atoms with E-state index >= 15 is 0 Å². The molecule has 0 spiro atoms. The molecule has 2 amide bonds. The van der Waals surface area contributed by atoms with Gasteiger partial charge in [0.05, 0.1) is 12.2 Å². The van der Waals surface area contributed by atoms with E-state index in [0.29, 0.717) is 31.9 Å². The van der Waals surface area contributed by atoms with Crippen molar-refractivity contribution in [1.82, 2.24) is 5.32 Å². The monoisotopic (exact) mass is 358 g/mol. The number of imide groups is 1. The average Bonchev–Trinajstić information content (AvgIpc) is 2.69. The van der Waals surface area contributed by atoms with Crippen molar-refractivity contribution >= 4 is 17.5 Å². The SMILES string of the molecule is CC.O=C1CCC(N2CCOc3c(C4CCCCC4)cccc32)C(=O)N1. The number of carbonyl (C=O) groups is 2. The molecule has 1 saturated carbocycles. The highest BCUT2D eigenvalue weighted by atomic mass is 16.5. The molecule has 1 unspecified atom stereocenters. The van der Waals surface area contributed by atoms with Gasteiger partial charge < -0.3 is 9.64 Å². The Kier molecular flexibility index (Phi) is 6.17. The number of hydrogen-bond acceptors (Lipinski definition) is 4. The Hall–Kier alpha value is -2.04. The molecular formula is C21H30N2O3. The first-order chi connectivity index (χ1) is 12.7. The second-order valence-electron chi connectivity index (χ2n) is 7.04. The fraction of sp³-hybridized carbons (Fsp3) is 0.619. The van der Waals surface area contributed by atoms with E-state index in [-0.39, 0.29) is 17.9 Å². The Balaban J connectivity index is 0.000000948. The van der Waals surface area contributed by atoms with Crippen molar-refractivity contribution in [1.29, 1.82) is 0 Å². The minimum Gasteiger partial charge on any atom is -0.489 e. The molecule has 2 aliphatic heterocycles. The highest BCUT2D eigenvalue weighted by molar-refractivity contribution is 6.01. The van der Waals surface area contributed by atoms with Gasteiger partial charge in [0.2, 0.25) is 11.8 Å². The third kappa shape index (κ3) is 3.71. The molecule has 1 aromatic carbocycles. The number of carbonyl (C=O) groups excluding carboxylic acids is 2. The molecule has 3 aliphatic rings. The van der Waals surface area contributed by atoms with Crippen LogP contribution in [0, 0.1) is 0 Å². The lowest BCUT2D eigenvalue weighted by Gasteiger charge is -2.39. The maximum absolute atomic E-state index is 12.3. The van der Waals surface area contributed by atoms with E-state index in [1.54, 1.807) is 0 Å². The fourth-order valence-electron chi connectivity index (χ4n) is 4.33. The van der Waals surface area contributed by atoms with Gasteiger partial charge in [-0.1, -0.05) is 45.2 Å². The summed E-state index contributed by atoms with van der Waals surface area (Å²) in [5.41, 5.74) is 2.31. The summed E-state index contributed by atoms with van der Waals surface area (Å²) in [6, 6.07) is 6.04. The number of para-hydroxylation sites is 1. The van der Waals surface area contributed by atoms with Crippen molar-refractivity contribution < 1.29 is 14.3 Å². The van der Waals surface area contributed by atoms with E-state index in [9.17, 15) is 9.59 Å². The van der Waals surface area contributed by atoms with Crippen LogP contribution in [0.25, 0.3) is 0 Å². The van der Waals surface area contributed by atoms with Gasteiger partial charge in [-0.25, -0.2) is 0 Å². The van der Waals surface area contributed by atoms with Gasteiger partial charge in [0.25, 0.3) is 0 Å². The zero-order valence-corrected chi connectivity index (χ0v) is 15.9. The van der Waals surface area contributed by atoms with Gasteiger partial charge in [-0.05, 0) is 36.8 Å². The molecule has 1 N–H and O–H groups in total. The molecule has 2 fully saturated rings. The number of fused-ring (bicyclic) bond motifs is 1. The van der Waals surface area contributed by atoms with Crippen LogP contribution < -0.4 is 15.0 Å². The van der Waals surface area contributed by atoms with Crippen LogP contribution in [0.2, 0.25) is 0 Å². The first-order valence-corrected chi connectivity index (χ1v) is 10.1. The lowest BCUT2D eigenvalue weighted by molar-refractivity contribution is -0.134. The lowest BCUT2D eigenvalue weighted by Crippen LogP contribution is -2.54. The normalized spacial score (nSPS) is 23.3. The van der Waals surface area contributed by atoms with E-state index in [1.807, 2.05) is 19.9 Å².